The number of hydrogen-bond donors (Lipinski definition) is 0. The van der Waals surface area contributed by atoms with Crippen LogP contribution in [0.1, 0.15) is 29.8 Å². The van der Waals surface area contributed by atoms with Crippen LogP contribution in [-0.2, 0) is 6.54 Å². The van der Waals surface area contributed by atoms with E-state index in [4.69, 9.17) is 0 Å². The molecule has 1 aliphatic heterocycles. The zero-order chi connectivity index (χ0) is 16.2. The molecule has 0 atom stereocenters. The van der Waals surface area contributed by atoms with Crippen molar-refractivity contribution in [3.8, 4) is 0 Å². The summed E-state index contributed by atoms with van der Waals surface area (Å²) in [6.07, 6.45) is 3.69. The van der Waals surface area contributed by atoms with Gasteiger partial charge in [-0.1, -0.05) is 13.8 Å². The highest BCUT2D eigenvalue weighted by Crippen LogP contribution is 2.22. The summed E-state index contributed by atoms with van der Waals surface area (Å²) in [5.74, 6) is 0.773. The lowest BCUT2D eigenvalue weighted by Gasteiger charge is -2.46. The molecule has 0 N–H and O–H groups in total. The first-order valence-corrected chi connectivity index (χ1v) is 9.02. The second-order valence-electron chi connectivity index (χ2n) is 6.55. The third kappa shape index (κ3) is 3.98. The van der Waals surface area contributed by atoms with Crippen molar-refractivity contribution < 1.29 is 4.79 Å². The highest BCUT2D eigenvalue weighted by Gasteiger charge is 2.35. The molecule has 0 unspecified atom stereocenters. The van der Waals surface area contributed by atoms with Crippen molar-refractivity contribution in [2.75, 3.05) is 19.6 Å². The Morgan fingerprint density at radius 3 is 2.70 bits per heavy atom. The SMILES string of the molecule is CC(C)CN(Cc1ccncc1)C1CN(C(=O)c2ccsc2)C1. The fraction of sp³-hybridized carbons (Fsp3) is 0.444. The summed E-state index contributed by atoms with van der Waals surface area (Å²) in [5.41, 5.74) is 2.10. The van der Waals surface area contributed by atoms with E-state index in [1.807, 2.05) is 34.1 Å². The average molecular weight is 329 g/mol. The normalized spacial score (nSPS) is 15.2. The molecule has 3 heterocycles. The number of thiophene rings is 1. The number of pyridine rings is 1. The molecule has 0 spiro atoms. The van der Waals surface area contributed by atoms with Gasteiger partial charge in [0.15, 0.2) is 0 Å². The molecular weight excluding hydrogens is 306 g/mol. The summed E-state index contributed by atoms with van der Waals surface area (Å²) in [5, 5.41) is 3.89. The van der Waals surface area contributed by atoms with E-state index < -0.39 is 0 Å². The Balaban J connectivity index is 1.60. The van der Waals surface area contributed by atoms with E-state index >= 15 is 0 Å². The lowest BCUT2D eigenvalue weighted by molar-refractivity contribution is 0.0198. The molecule has 2 aromatic rings. The number of nitrogens with zero attached hydrogens (tertiary/aromatic N) is 3. The summed E-state index contributed by atoms with van der Waals surface area (Å²) in [6, 6.07) is 6.50. The standard InChI is InChI=1S/C18H23N3OS/c1-14(2)9-20(10-15-3-6-19-7-4-15)17-11-21(12-17)18(22)16-5-8-23-13-16/h3-8,13-14,17H,9-12H2,1-2H3. The molecule has 1 aliphatic rings. The van der Waals surface area contributed by atoms with Crippen LogP contribution in [0.5, 0.6) is 0 Å². The molecule has 0 aliphatic carbocycles. The van der Waals surface area contributed by atoms with Crippen molar-refractivity contribution in [1.29, 1.82) is 0 Å². The van der Waals surface area contributed by atoms with Crippen molar-refractivity contribution in [2.24, 2.45) is 5.92 Å². The molecule has 0 radical (unpaired) electrons. The Morgan fingerprint density at radius 2 is 2.09 bits per heavy atom. The molecule has 0 bridgehead atoms. The summed E-state index contributed by atoms with van der Waals surface area (Å²) in [6.45, 7) is 8.11. The van der Waals surface area contributed by atoms with Crippen molar-refractivity contribution in [3.63, 3.8) is 0 Å². The minimum atomic E-state index is 0.163. The number of likely N-dealkylation sites (tertiary alicyclic amines) is 1. The Kier molecular flexibility index (Phi) is 5.08. The maximum atomic E-state index is 12.3. The summed E-state index contributed by atoms with van der Waals surface area (Å²) >= 11 is 1.57. The van der Waals surface area contributed by atoms with E-state index in [1.165, 1.54) is 5.56 Å². The van der Waals surface area contributed by atoms with Crippen molar-refractivity contribution >= 4 is 17.2 Å². The van der Waals surface area contributed by atoms with Crippen LogP contribution in [0, 0.1) is 5.92 Å². The molecule has 5 heteroatoms. The van der Waals surface area contributed by atoms with E-state index in [1.54, 1.807) is 11.3 Å². The van der Waals surface area contributed by atoms with E-state index in [2.05, 4.69) is 35.9 Å². The Bertz CT molecular complexity index is 621. The fourth-order valence-corrected chi connectivity index (χ4v) is 3.58. The number of aromatic nitrogens is 1. The first kappa shape index (κ1) is 16.1. The molecule has 3 rings (SSSR count). The molecule has 0 aromatic carbocycles. The van der Waals surface area contributed by atoms with Crippen molar-refractivity contribution in [3.05, 3.63) is 52.5 Å². The summed E-state index contributed by atoms with van der Waals surface area (Å²) in [4.78, 5) is 20.9. The van der Waals surface area contributed by atoms with Gasteiger partial charge in [-0.3, -0.25) is 14.7 Å². The Labute approximate surface area is 141 Å². The number of rotatable bonds is 6. The maximum Gasteiger partial charge on any atom is 0.254 e. The topological polar surface area (TPSA) is 36.4 Å². The number of amides is 1. The van der Waals surface area contributed by atoms with Crippen LogP contribution in [0.25, 0.3) is 0 Å². The van der Waals surface area contributed by atoms with Gasteiger partial charge in [-0.2, -0.15) is 11.3 Å². The monoisotopic (exact) mass is 329 g/mol. The average Bonchev–Trinajstić information content (AvgIpc) is 3.00. The number of carbonyl (C=O) groups is 1. The predicted octanol–water partition coefficient (Wildman–Crippen LogP) is 3.13. The summed E-state index contributed by atoms with van der Waals surface area (Å²) < 4.78 is 0. The highest BCUT2D eigenvalue weighted by molar-refractivity contribution is 7.08. The van der Waals surface area contributed by atoms with Crippen LogP contribution >= 0.6 is 11.3 Å². The number of carbonyl (C=O) groups excluding carboxylic acids is 1. The van der Waals surface area contributed by atoms with Gasteiger partial charge in [0.2, 0.25) is 0 Å². The molecule has 122 valence electrons. The highest BCUT2D eigenvalue weighted by atomic mass is 32.1. The quantitative estimate of drug-likeness (QED) is 0.817. The second-order valence-corrected chi connectivity index (χ2v) is 7.33. The van der Waals surface area contributed by atoms with Crippen LogP contribution in [0.3, 0.4) is 0 Å². The molecule has 1 saturated heterocycles. The van der Waals surface area contributed by atoms with Gasteiger partial charge in [0, 0.05) is 50.0 Å². The van der Waals surface area contributed by atoms with E-state index in [-0.39, 0.29) is 5.91 Å². The van der Waals surface area contributed by atoms with Crippen molar-refractivity contribution in [1.82, 2.24) is 14.8 Å². The molecule has 1 amide bonds. The zero-order valence-electron chi connectivity index (χ0n) is 13.7. The van der Waals surface area contributed by atoms with Gasteiger partial charge in [0.1, 0.15) is 0 Å². The van der Waals surface area contributed by atoms with Gasteiger partial charge >= 0.3 is 0 Å². The molecular formula is C18H23N3OS. The first-order chi connectivity index (χ1) is 11.1. The predicted molar refractivity (Wildman–Crippen MR) is 93.5 cm³/mol. The Hall–Kier alpha value is -1.72. The van der Waals surface area contributed by atoms with Gasteiger partial charge in [-0.05, 0) is 35.1 Å². The molecule has 23 heavy (non-hydrogen) atoms. The zero-order valence-corrected chi connectivity index (χ0v) is 14.5. The molecule has 2 aromatic heterocycles. The second kappa shape index (κ2) is 7.23. The van der Waals surface area contributed by atoms with Crippen LogP contribution in [0.4, 0.5) is 0 Å². The maximum absolute atomic E-state index is 12.3. The van der Waals surface area contributed by atoms with E-state index in [0.29, 0.717) is 12.0 Å². The number of hydrogen-bond acceptors (Lipinski definition) is 4. The van der Waals surface area contributed by atoms with Gasteiger partial charge in [-0.15, -0.1) is 0 Å². The van der Waals surface area contributed by atoms with E-state index in [9.17, 15) is 4.79 Å². The smallest absolute Gasteiger partial charge is 0.254 e. The van der Waals surface area contributed by atoms with Crippen LogP contribution < -0.4 is 0 Å². The lowest BCUT2D eigenvalue weighted by atomic mass is 10.0. The molecule has 4 nitrogen and oxygen atoms in total. The van der Waals surface area contributed by atoms with Gasteiger partial charge in [0.25, 0.3) is 5.91 Å². The van der Waals surface area contributed by atoms with Crippen LogP contribution in [0.2, 0.25) is 0 Å². The van der Waals surface area contributed by atoms with Crippen LogP contribution in [-0.4, -0.2) is 46.4 Å². The third-order valence-electron chi connectivity index (χ3n) is 4.17. The molecule has 1 fully saturated rings. The van der Waals surface area contributed by atoms with Crippen LogP contribution in [0.15, 0.2) is 41.4 Å². The minimum absolute atomic E-state index is 0.163. The van der Waals surface area contributed by atoms with Gasteiger partial charge in [0.05, 0.1) is 5.56 Å². The minimum Gasteiger partial charge on any atom is -0.335 e. The van der Waals surface area contributed by atoms with Gasteiger partial charge < -0.3 is 4.90 Å². The summed E-state index contributed by atoms with van der Waals surface area (Å²) in [7, 11) is 0. The molecule has 0 saturated carbocycles. The van der Waals surface area contributed by atoms with E-state index in [0.717, 1.165) is 31.7 Å². The Morgan fingerprint density at radius 1 is 1.35 bits per heavy atom. The lowest BCUT2D eigenvalue weighted by Crippen LogP contribution is -2.61. The largest absolute Gasteiger partial charge is 0.335 e. The first-order valence-electron chi connectivity index (χ1n) is 8.08. The third-order valence-corrected chi connectivity index (χ3v) is 4.85. The van der Waals surface area contributed by atoms with Gasteiger partial charge in [-0.25, -0.2) is 0 Å². The van der Waals surface area contributed by atoms with Crippen molar-refractivity contribution in [2.45, 2.75) is 26.4 Å². The fourth-order valence-electron chi connectivity index (χ4n) is 2.96.